The molecule has 5 N–H and O–H groups in total. The highest BCUT2D eigenvalue weighted by Crippen LogP contribution is 2.13. The number of nitrogens with zero attached hydrogens (tertiary/aromatic N) is 1. The summed E-state index contributed by atoms with van der Waals surface area (Å²) in [6, 6.07) is 2.88. The minimum absolute atomic E-state index is 0.464. The molecule has 0 aliphatic carbocycles. The van der Waals surface area contributed by atoms with E-state index in [0.29, 0.717) is 11.4 Å². The maximum absolute atomic E-state index is 9.16. The van der Waals surface area contributed by atoms with E-state index in [1.165, 1.54) is 0 Å². The van der Waals surface area contributed by atoms with Crippen LogP contribution in [0.1, 0.15) is 18.7 Å². The summed E-state index contributed by atoms with van der Waals surface area (Å²) in [6.07, 6.45) is 0.965. The highest BCUT2D eigenvalue weighted by molar-refractivity contribution is 5.38. The van der Waals surface area contributed by atoms with Crippen LogP contribution in [0.3, 0.4) is 0 Å². The number of nitrogen functional groups attached to an aromatic ring is 1. The molecule has 0 bridgehead atoms. The van der Waals surface area contributed by atoms with E-state index in [-0.39, 0.29) is 0 Å². The van der Waals surface area contributed by atoms with Gasteiger partial charge in [-0.05, 0) is 19.1 Å². The third-order valence-electron chi connectivity index (χ3n) is 1.67. The standard InChI is InChI=1S/C8H13N3O/c1-5(12)8(10)7-4-6(9)2-3-11-7/h2-5,8,12H,10H2,1H3,(H2,9,11)/t5-,8+/m0/s1. The molecule has 1 aromatic rings. The van der Waals surface area contributed by atoms with Crippen LogP contribution in [-0.4, -0.2) is 16.2 Å². The molecule has 0 spiro atoms. The second-order valence-corrected chi connectivity index (χ2v) is 2.78. The maximum Gasteiger partial charge on any atom is 0.0731 e. The highest BCUT2D eigenvalue weighted by atomic mass is 16.3. The molecule has 66 valence electrons. The molecule has 4 nitrogen and oxygen atoms in total. The van der Waals surface area contributed by atoms with Crippen molar-refractivity contribution in [3.8, 4) is 0 Å². The van der Waals surface area contributed by atoms with Crippen LogP contribution in [0.15, 0.2) is 18.3 Å². The summed E-state index contributed by atoms with van der Waals surface area (Å²) in [4.78, 5) is 4.00. The molecule has 1 heterocycles. The van der Waals surface area contributed by atoms with Gasteiger partial charge >= 0.3 is 0 Å². The first-order chi connectivity index (χ1) is 5.61. The quantitative estimate of drug-likeness (QED) is 0.580. The van der Waals surface area contributed by atoms with Crippen molar-refractivity contribution in [3.05, 3.63) is 24.0 Å². The van der Waals surface area contributed by atoms with Crippen molar-refractivity contribution in [2.45, 2.75) is 19.1 Å². The number of rotatable bonds is 2. The number of pyridine rings is 1. The molecule has 0 aromatic carbocycles. The summed E-state index contributed by atoms with van der Waals surface area (Å²) in [5.74, 6) is 0. The summed E-state index contributed by atoms with van der Waals surface area (Å²) >= 11 is 0. The fourth-order valence-corrected chi connectivity index (χ4v) is 0.895. The van der Waals surface area contributed by atoms with Crippen molar-refractivity contribution in [1.29, 1.82) is 0 Å². The molecule has 0 fully saturated rings. The molecule has 2 atom stereocenters. The van der Waals surface area contributed by atoms with Crippen LogP contribution >= 0.6 is 0 Å². The molecule has 12 heavy (non-hydrogen) atoms. The number of hydrogen-bond donors (Lipinski definition) is 3. The van der Waals surface area contributed by atoms with Gasteiger partial charge in [-0.3, -0.25) is 4.98 Å². The minimum Gasteiger partial charge on any atom is -0.399 e. The second kappa shape index (κ2) is 3.51. The van der Waals surface area contributed by atoms with Gasteiger partial charge in [-0.15, -0.1) is 0 Å². The Balaban J connectivity index is 2.88. The van der Waals surface area contributed by atoms with Gasteiger partial charge in [0.05, 0.1) is 17.8 Å². The molecular weight excluding hydrogens is 154 g/mol. The van der Waals surface area contributed by atoms with Crippen LogP contribution in [0.4, 0.5) is 5.69 Å². The second-order valence-electron chi connectivity index (χ2n) is 2.78. The van der Waals surface area contributed by atoms with E-state index in [9.17, 15) is 0 Å². The number of aromatic nitrogens is 1. The zero-order chi connectivity index (χ0) is 9.14. The van der Waals surface area contributed by atoms with Gasteiger partial charge in [-0.1, -0.05) is 0 Å². The Morgan fingerprint density at radius 2 is 2.25 bits per heavy atom. The zero-order valence-corrected chi connectivity index (χ0v) is 6.94. The highest BCUT2D eigenvalue weighted by Gasteiger charge is 2.12. The van der Waals surface area contributed by atoms with Crippen molar-refractivity contribution in [2.24, 2.45) is 5.73 Å². The lowest BCUT2D eigenvalue weighted by Gasteiger charge is -2.13. The summed E-state index contributed by atoms with van der Waals surface area (Å²) in [7, 11) is 0. The third kappa shape index (κ3) is 1.93. The summed E-state index contributed by atoms with van der Waals surface area (Å²) in [6.45, 7) is 1.62. The van der Waals surface area contributed by atoms with E-state index >= 15 is 0 Å². The molecule has 1 rings (SSSR count). The lowest BCUT2D eigenvalue weighted by Crippen LogP contribution is -2.24. The van der Waals surface area contributed by atoms with Crippen molar-refractivity contribution in [3.63, 3.8) is 0 Å². The molecular formula is C8H13N3O. The Morgan fingerprint density at radius 1 is 1.58 bits per heavy atom. The van der Waals surface area contributed by atoms with Crippen LogP contribution in [0.25, 0.3) is 0 Å². The molecule has 1 aromatic heterocycles. The smallest absolute Gasteiger partial charge is 0.0731 e. The molecule has 0 aliphatic heterocycles. The molecule has 0 saturated carbocycles. The van der Waals surface area contributed by atoms with Crippen LogP contribution in [0.2, 0.25) is 0 Å². The van der Waals surface area contributed by atoms with Gasteiger partial charge in [0.25, 0.3) is 0 Å². The summed E-state index contributed by atoms with van der Waals surface area (Å²) in [5, 5.41) is 9.16. The first kappa shape index (κ1) is 8.96. The number of nitrogens with two attached hydrogens (primary N) is 2. The predicted octanol–water partition coefficient (Wildman–Crippen LogP) is 0.0444. The van der Waals surface area contributed by atoms with Gasteiger partial charge in [0.15, 0.2) is 0 Å². The first-order valence-electron chi connectivity index (χ1n) is 3.76. The van der Waals surface area contributed by atoms with Gasteiger partial charge in [0.2, 0.25) is 0 Å². The lowest BCUT2D eigenvalue weighted by molar-refractivity contribution is 0.162. The lowest BCUT2D eigenvalue weighted by atomic mass is 10.1. The number of hydrogen-bond acceptors (Lipinski definition) is 4. The number of anilines is 1. The SMILES string of the molecule is C[C@H](O)[C@@H](N)c1cc(N)ccn1. The van der Waals surface area contributed by atoms with E-state index in [0.717, 1.165) is 0 Å². The van der Waals surface area contributed by atoms with E-state index in [1.807, 2.05) is 0 Å². The fourth-order valence-electron chi connectivity index (χ4n) is 0.895. The molecule has 0 saturated heterocycles. The predicted molar refractivity (Wildman–Crippen MR) is 47.3 cm³/mol. The normalized spacial score (nSPS) is 15.6. The Bertz CT molecular complexity index is 262. The van der Waals surface area contributed by atoms with E-state index < -0.39 is 12.1 Å². The fraction of sp³-hybridized carbons (Fsp3) is 0.375. The van der Waals surface area contributed by atoms with Gasteiger partial charge in [0, 0.05) is 11.9 Å². The van der Waals surface area contributed by atoms with Crippen LogP contribution in [-0.2, 0) is 0 Å². The van der Waals surface area contributed by atoms with E-state index in [1.54, 1.807) is 25.3 Å². The van der Waals surface area contributed by atoms with Crippen molar-refractivity contribution in [1.82, 2.24) is 4.98 Å². The van der Waals surface area contributed by atoms with E-state index in [2.05, 4.69) is 4.98 Å². The molecule has 0 aliphatic rings. The zero-order valence-electron chi connectivity index (χ0n) is 6.94. The largest absolute Gasteiger partial charge is 0.399 e. The average Bonchev–Trinajstić information content (AvgIpc) is 2.03. The first-order valence-corrected chi connectivity index (χ1v) is 3.76. The molecule has 4 heteroatoms. The van der Waals surface area contributed by atoms with Crippen LogP contribution in [0.5, 0.6) is 0 Å². The molecule has 0 unspecified atom stereocenters. The van der Waals surface area contributed by atoms with E-state index in [4.69, 9.17) is 16.6 Å². The van der Waals surface area contributed by atoms with Crippen molar-refractivity contribution in [2.75, 3.05) is 5.73 Å². The van der Waals surface area contributed by atoms with Crippen molar-refractivity contribution >= 4 is 5.69 Å². The van der Waals surface area contributed by atoms with Gasteiger partial charge in [-0.2, -0.15) is 0 Å². The Hall–Kier alpha value is -1.13. The monoisotopic (exact) mass is 167 g/mol. The van der Waals surface area contributed by atoms with Crippen molar-refractivity contribution < 1.29 is 5.11 Å². The Kier molecular flexibility index (Phi) is 2.62. The van der Waals surface area contributed by atoms with Gasteiger partial charge < -0.3 is 16.6 Å². The summed E-state index contributed by atoms with van der Waals surface area (Å²) in [5.41, 5.74) is 12.4. The number of aliphatic hydroxyl groups is 1. The van der Waals surface area contributed by atoms with Crippen LogP contribution < -0.4 is 11.5 Å². The third-order valence-corrected chi connectivity index (χ3v) is 1.67. The summed E-state index contributed by atoms with van der Waals surface area (Å²) < 4.78 is 0. The molecule has 0 amide bonds. The molecule has 0 radical (unpaired) electrons. The Labute approximate surface area is 71.2 Å². The average molecular weight is 167 g/mol. The van der Waals surface area contributed by atoms with Gasteiger partial charge in [-0.25, -0.2) is 0 Å². The van der Waals surface area contributed by atoms with Gasteiger partial charge in [0.1, 0.15) is 0 Å². The number of aliphatic hydroxyl groups excluding tert-OH is 1. The van der Waals surface area contributed by atoms with Crippen LogP contribution in [0, 0.1) is 0 Å². The topological polar surface area (TPSA) is 85.2 Å². The minimum atomic E-state index is -0.612. The maximum atomic E-state index is 9.16. The Morgan fingerprint density at radius 3 is 2.75 bits per heavy atom.